The maximum Gasteiger partial charge on any atom is 0.154 e. The van der Waals surface area contributed by atoms with E-state index >= 15 is 0 Å². The molecule has 0 aromatic carbocycles. The molecule has 0 aliphatic heterocycles. The largest absolute Gasteiger partial charge is 0.355 e. The summed E-state index contributed by atoms with van der Waals surface area (Å²) in [5, 5.41) is 4.44. The molecule has 18 heavy (non-hydrogen) atoms. The van der Waals surface area contributed by atoms with Gasteiger partial charge in [0.1, 0.15) is 5.52 Å². The van der Waals surface area contributed by atoms with Crippen LogP contribution in [-0.4, -0.2) is 27.7 Å². The smallest absolute Gasteiger partial charge is 0.154 e. The number of fused-ring (bicyclic) bond motifs is 1. The number of hydrogen-bond donors (Lipinski definition) is 0. The molecule has 0 radical (unpaired) electrons. The molecule has 4 heteroatoms. The van der Waals surface area contributed by atoms with Crippen molar-refractivity contribution in [3.63, 3.8) is 0 Å². The second-order valence-corrected chi connectivity index (χ2v) is 5.81. The van der Waals surface area contributed by atoms with Crippen molar-refractivity contribution in [3.8, 4) is 0 Å². The average Bonchev–Trinajstić information content (AvgIpc) is 2.97. The Morgan fingerprint density at radius 3 is 2.83 bits per heavy atom. The van der Waals surface area contributed by atoms with E-state index in [-0.39, 0.29) is 0 Å². The zero-order valence-corrected chi connectivity index (χ0v) is 11.5. The van der Waals surface area contributed by atoms with Crippen LogP contribution in [0, 0.1) is 12.3 Å². The SMILES string of the molecule is Cc1cc2c(N(C)C(C)C3(C)CC3)nccn2n1. The van der Waals surface area contributed by atoms with E-state index in [2.05, 4.69) is 41.9 Å². The normalized spacial score (nSPS) is 18.9. The molecule has 1 aliphatic carbocycles. The van der Waals surface area contributed by atoms with Gasteiger partial charge in [-0.2, -0.15) is 5.10 Å². The van der Waals surface area contributed by atoms with Crippen LogP contribution in [0.25, 0.3) is 5.52 Å². The second-order valence-electron chi connectivity index (χ2n) is 5.81. The highest BCUT2D eigenvalue weighted by Crippen LogP contribution is 2.50. The number of anilines is 1. The number of nitrogens with zero attached hydrogens (tertiary/aromatic N) is 4. The summed E-state index contributed by atoms with van der Waals surface area (Å²) in [5.41, 5.74) is 2.58. The van der Waals surface area contributed by atoms with Gasteiger partial charge < -0.3 is 4.90 Å². The first-order chi connectivity index (χ1) is 8.51. The Bertz CT molecular complexity index is 582. The molecule has 96 valence electrons. The lowest BCUT2D eigenvalue weighted by Gasteiger charge is -2.31. The molecule has 1 fully saturated rings. The van der Waals surface area contributed by atoms with Gasteiger partial charge >= 0.3 is 0 Å². The van der Waals surface area contributed by atoms with Crippen LogP contribution >= 0.6 is 0 Å². The minimum atomic E-state index is 0.457. The van der Waals surface area contributed by atoms with E-state index in [1.165, 1.54) is 12.8 Å². The van der Waals surface area contributed by atoms with Crippen molar-refractivity contribution in [2.24, 2.45) is 5.41 Å². The Labute approximate surface area is 108 Å². The van der Waals surface area contributed by atoms with Crippen molar-refractivity contribution in [2.45, 2.75) is 39.7 Å². The first-order valence-corrected chi connectivity index (χ1v) is 6.55. The van der Waals surface area contributed by atoms with Gasteiger partial charge in [0.2, 0.25) is 0 Å². The summed E-state index contributed by atoms with van der Waals surface area (Å²) in [6, 6.07) is 2.60. The van der Waals surface area contributed by atoms with Gasteiger partial charge in [-0.25, -0.2) is 9.50 Å². The monoisotopic (exact) mass is 244 g/mol. The predicted molar refractivity (Wildman–Crippen MR) is 72.9 cm³/mol. The van der Waals surface area contributed by atoms with Crippen molar-refractivity contribution in [1.82, 2.24) is 14.6 Å². The molecule has 2 heterocycles. The number of rotatable bonds is 3. The molecule has 0 bridgehead atoms. The van der Waals surface area contributed by atoms with Crippen LogP contribution in [0.1, 0.15) is 32.4 Å². The zero-order valence-electron chi connectivity index (χ0n) is 11.5. The van der Waals surface area contributed by atoms with E-state index < -0.39 is 0 Å². The summed E-state index contributed by atoms with van der Waals surface area (Å²) in [4.78, 5) is 6.84. The van der Waals surface area contributed by atoms with Crippen LogP contribution in [0.15, 0.2) is 18.5 Å². The van der Waals surface area contributed by atoms with Gasteiger partial charge in [-0.1, -0.05) is 6.92 Å². The van der Waals surface area contributed by atoms with Crippen LogP contribution in [-0.2, 0) is 0 Å². The second kappa shape index (κ2) is 3.70. The van der Waals surface area contributed by atoms with Gasteiger partial charge in [0, 0.05) is 25.5 Å². The van der Waals surface area contributed by atoms with Crippen LogP contribution in [0.2, 0.25) is 0 Å². The first-order valence-electron chi connectivity index (χ1n) is 6.55. The summed E-state index contributed by atoms with van der Waals surface area (Å²) in [6.45, 7) is 6.67. The van der Waals surface area contributed by atoms with E-state index in [1.807, 2.05) is 23.8 Å². The Kier molecular flexibility index (Phi) is 2.37. The highest BCUT2D eigenvalue weighted by atomic mass is 15.3. The molecule has 2 aromatic heterocycles. The Morgan fingerprint density at radius 2 is 2.17 bits per heavy atom. The third-order valence-corrected chi connectivity index (χ3v) is 4.45. The van der Waals surface area contributed by atoms with E-state index in [1.54, 1.807) is 0 Å². The standard InChI is InChI=1S/C14H20N4/c1-10-9-12-13(15-7-8-18(12)16-10)17(4)11(2)14(3)5-6-14/h7-9,11H,5-6H2,1-4H3. The van der Waals surface area contributed by atoms with Gasteiger partial charge in [0.05, 0.1) is 5.69 Å². The highest BCUT2D eigenvalue weighted by molar-refractivity contribution is 5.69. The lowest BCUT2D eigenvalue weighted by atomic mass is 9.99. The van der Waals surface area contributed by atoms with E-state index in [9.17, 15) is 0 Å². The molecule has 2 aromatic rings. The lowest BCUT2D eigenvalue weighted by molar-refractivity contribution is 0.445. The molecule has 3 rings (SSSR count). The van der Waals surface area contributed by atoms with Crippen molar-refractivity contribution in [3.05, 3.63) is 24.2 Å². The topological polar surface area (TPSA) is 33.4 Å². The molecule has 1 saturated carbocycles. The molecule has 4 nitrogen and oxygen atoms in total. The van der Waals surface area contributed by atoms with Crippen LogP contribution < -0.4 is 4.90 Å². The molecular weight excluding hydrogens is 224 g/mol. The molecule has 1 aliphatic rings. The third kappa shape index (κ3) is 1.67. The van der Waals surface area contributed by atoms with Crippen LogP contribution in [0.4, 0.5) is 5.82 Å². The highest BCUT2D eigenvalue weighted by Gasteiger charge is 2.44. The fourth-order valence-corrected chi connectivity index (χ4v) is 2.57. The average molecular weight is 244 g/mol. The van der Waals surface area contributed by atoms with Gasteiger partial charge in [-0.05, 0) is 38.2 Å². The molecule has 0 amide bonds. The van der Waals surface area contributed by atoms with Gasteiger partial charge in [0.25, 0.3) is 0 Å². The summed E-state index contributed by atoms with van der Waals surface area (Å²) >= 11 is 0. The summed E-state index contributed by atoms with van der Waals surface area (Å²) in [7, 11) is 2.14. The fourth-order valence-electron chi connectivity index (χ4n) is 2.57. The summed E-state index contributed by atoms with van der Waals surface area (Å²) in [6.07, 6.45) is 6.37. The van der Waals surface area contributed by atoms with E-state index in [0.29, 0.717) is 11.5 Å². The van der Waals surface area contributed by atoms with Crippen LogP contribution in [0.3, 0.4) is 0 Å². The summed E-state index contributed by atoms with van der Waals surface area (Å²) < 4.78 is 1.91. The minimum absolute atomic E-state index is 0.457. The molecule has 0 N–H and O–H groups in total. The fraction of sp³-hybridized carbons (Fsp3) is 0.571. The first kappa shape index (κ1) is 11.5. The maximum atomic E-state index is 4.55. The Balaban J connectivity index is 2.03. The predicted octanol–water partition coefficient (Wildman–Crippen LogP) is 2.66. The molecule has 0 saturated heterocycles. The Hall–Kier alpha value is -1.58. The molecular formula is C14H20N4. The minimum Gasteiger partial charge on any atom is -0.355 e. The van der Waals surface area contributed by atoms with Crippen molar-refractivity contribution in [1.29, 1.82) is 0 Å². The summed E-state index contributed by atoms with van der Waals surface area (Å²) in [5.74, 6) is 1.03. The lowest BCUT2D eigenvalue weighted by Crippen LogP contribution is -2.36. The Morgan fingerprint density at radius 1 is 1.44 bits per heavy atom. The van der Waals surface area contributed by atoms with Gasteiger partial charge in [-0.3, -0.25) is 0 Å². The zero-order chi connectivity index (χ0) is 12.9. The van der Waals surface area contributed by atoms with E-state index in [0.717, 1.165) is 17.0 Å². The van der Waals surface area contributed by atoms with Gasteiger partial charge in [0.15, 0.2) is 5.82 Å². The van der Waals surface area contributed by atoms with E-state index in [4.69, 9.17) is 0 Å². The molecule has 1 unspecified atom stereocenters. The van der Waals surface area contributed by atoms with Crippen LogP contribution in [0.5, 0.6) is 0 Å². The number of hydrogen-bond acceptors (Lipinski definition) is 3. The molecule has 0 spiro atoms. The third-order valence-electron chi connectivity index (χ3n) is 4.45. The van der Waals surface area contributed by atoms with Crippen molar-refractivity contribution >= 4 is 11.3 Å². The maximum absolute atomic E-state index is 4.55. The number of aryl methyl sites for hydroxylation is 1. The number of aromatic nitrogens is 3. The quantitative estimate of drug-likeness (QED) is 0.832. The van der Waals surface area contributed by atoms with Crippen molar-refractivity contribution < 1.29 is 0 Å². The van der Waals surface area contributed by atoms with Gasteiger partial charge in [-0.15, -0.1) is 0 Å². The molecule has 1 atom stereocenters. The van der Waals surface area contributed by atoms with Crippen molar-refractivity contribution in [2.75, 3.05) is 11.9 Å².